The Hall–Kier alpha value is -3.84. The molecule has 3 aromatic rings. The summed E-state index contributed by atoms with van der Waals surface area (Å²) in [5.74, 6) is -0.748. The van der Waals surface area contributed by atoms with E-state index in [2.05, 4.69) is 55.5 Å². The highest BCUT2D eigenvalue weighted by atomic mass is 35.5. The van der Waals surface area contributed by atoms with Crippen LogP contribution in [0.4, 0.5) is 5.95 Å². The van der Waals surface area contributed by atoms with Crippen molar-refractivity contribution in [2.24, 2.45) is 0 Å². The number of esters is 1. The number of carbonyl (C=O) groups is 3. The molecule has 2 unspecified atom stereocenters. The fourth-order valence-corrected chi connectivity index (χ4v) is 8.25. The number of nitrogens with one attached hydrogen (secondary N) is 2. The summed E-state index contributed by atoms with van der Waals surface area (Å²) < 4.78 is 17.3. The average molecular weight is 720 g/mol. The predicted molar refractivity (Wildman–Crippen MR) is 193 cm³/mol. The first kappa shape index (κ1) is 36.0. The zero-order valence-electron chi connectivity index (χ0n) is 29.5. The lowest BCUT2D eigenvalue weighted by molar-refractivity contribution is -0.142. The number of ether oxygens (including phenoxy) is 2. The fraction of sp³-hybridized carbons (Fsp3) is 0.486. The molecule has 2 aliphatic heterocycles. The van der Waals surface area contributed by atoms with Crippen molar-refractivity contribution in [2.75, 3.05) is 32.2 Å². The van der Waals surface area contributed by atoms with Gasteiger partial charge in [0, 0.05) is 36.8 Å². The molecule has 50 heavy (non-hydrogen) atoms. The lowest BCUT2D eigenvalue weighted by atomic mass is 9.98. The van der Waals surface area contributed by atoms with Crippen molar-refractivity contribution >= 4 is 43.7 Å². The van der Waals surface area contributed by atoms with Crippen LogP contribution < -0.4 is 10.6 Å². The summed E-state index contributed by atoms with van der Waals surface area (Å²) >= 11 is 6.58. The SMILES string of the molecule is COC(=O)CC1c2ccc(-c3nc(NC4CCOCC4)ncc3Cl)cc2C(=O)N1CC(=O)N[C@H]1c2ccccc2CC1O[Si](C)(C)C(C)(C)C. The Morgan fingerprint density at radius 1 is 1.10 bits per heavy atom. The summed E-state index contributed by atoms with van der Waals surface area (Å²) in [6, 6.07) is 12.5. The number of hydrogen-bond acceptors (Lipinski definition) is 9. The summed E-state index contributed by atoms with van der Waals surface area (Å²) in [7, 11) is -0.864. The van der Waals surface area contributed by atoms with Crippen molar-refractivity contribution in [2.45, 2.75) is 88.8 Å². The molecule has 3 atom stereocenters. The minimum Gasteiger partial charge on any atom is -0.469 e. The van der Waals surface area contributed by atoms with Crippen molar-refractivity contribution in [3.63, 3.8) is 0 Å². The smallest absolute Gasteiger partial charge is 0.307 e. The monoisotopic (exact) mass is 719 g/mol. The van der Waals surface area contributed by atoms with Gasteiger partial charge in [-0.25, -0.2) is 9.97 Å². The van der Waals surface area contributed by atoms with E-state index in [1.807, 2.05) is 24.3 Å². The molecule has 2 N–H and O–H groups in total. The topological polar surface area (TPSA) is 132 Å². The van der Waals surface area contributed by atoms with Crippen LogP contribution in [0.5, 0.6) is 0 Å². The van der Waals surface area contributed by atoms with E-state index in [0.717, 1.165) is 24.0 Å². The van der Waals surface area contributed by atoms with Crippen LogP contribution in [0.25, 0.3) is 11.3 Å². The van der Waals surface area contributed by atoms with Gasteiger partial charge in [0.05, 0.1) is 48.6 Å². The summed E-state index contributed by atoms with van der Waals surface area (Å²) in [6.45, 7) is 12.1. The molecule has 2 amide bonds. The lowest BCUT2D eigenvalue weighted by Gasteiger charge is -2.40. The molecule has 1 fully saturated rings. The molecule has 0 saturated carbocycles. The number of fused-ring (bicyclic) bond motifs is 2. The van der Waals surface area contributed by atoms with E-state index in [1.54, 1.807) is 18.3 Å². The van der Waals surface area contributed by atoms with E-state index in [9.17, 15) is 14.4 Å². The number of benzene rings is 2. The van der Waals surface area contributed by atoms with Crippen molar-refractivity contribution in [3.05, 3.63) is 75.9 Å². The quantitative estimate of drug-likeness (QED) is 0.184. The number of anilines is 1. The van der Waals surface area contributed by atoms with Crippen molar-refractivity contribution in [3.8, 4) is 11.3 Å². The van der Waals surface area contributed by atoms with E-state index >= 15 is 0 Å². The molecule has 13 heteroatoms. The highest BCUT2D eigenvalue weighted by Crippen LogP contribution is 2.43. The fourth-order valence-electron chi connectivity index (χ4n) is 6.72. The van der Waals surface area contributed by atoms with Crippen LogP contribution in [0.2, 0.25) is 23.2 Å². The Morgan fingerprint density at radius 3 is 2.56 bits per heavy atom. The van der Waals surface area contributed by atoms with Crippen LogP contribution in [0.15, 0.2) is 48.7 Å². The Bertz CT molecular complexity index is 1780. The van der Waals surface area contributed by atoms with E-state index < -0.39 is 20.3 Å². The minimum absolute atomic E-state index is 0.0110. The Kier molecular flexibility index (Phi) is 10.4. The van der Waals surface area contributed by atoms with Gasteiger partial charge in [-0.1, -0.05) is 68.8 Å². The minimum atomic E-state index is -2.17. The van der Waals surface area contributed by atoms with Crippen LogP contribution in [0, 0.1) is 0 Å². The normalized spacial score (nSPS) is 20.7. The molecule has 1 aromatic heterocycles. The van der Waals surface area contributed by atoms with Gasteiger partial charge < -0.3 is 29.4 Å². The number of methoxy groups -OCH3 is 1. The van der Waals surface area contributed by atoms with Gasteiger partial charge in [0.25, 0.3) is 5.91 Å². The van der Waals surface area contributed by atoms with Gasteiger partial charge >= 0.3 is 5.97 Å². The molecule has 11 nitrogen and oxygen atoms in total. The molecule has 0 radical (unpaired) electrons. The number of hydrogen-bond donors (Lipinski definition) is 2. The molecule has 2 aromatic carbocycles. The summed E-state index contributed by atoms with van der Waals surface area (Å²) in [6.07, 6.45) is 3.58. The van der Waals surface area contributed by atoms with Gasteiger partial charge in [-0.3, -0.25) is 14.4 Å². The maximum absolute atomic E-state index is 14.1. The third kappa shape index (κ3) is 7.44. The summed E-state index contributed by atoms with van der Waals surface area (Å²) in [4.78, 5) is 51.1. The first-order valence-corrected chi connectivity index (χ1v) is 20.5. The second-order valence-electron chi connectivity index (χ2n) is 14.8. The lowest BCUT2D eigenvalue weighted by Crippen LogP contribution is -2.48. The van der Waals surface area contributed by atoms with E-state index in [0.29, 0.717) is 53.0 Å². The molecule has 3 heterocycles. The molecule has 0 bridgehead atoms. The molecule has 1 aliphatic carbocycles. The molecule has 266 valence electrons. The maximum Gasteiger partial charge on any atom is 0.307 e. The second kappa shape index (κ2) is 14.4. The van der Waals surface area contributed by atoms with Gasteiger partial charge in [0.1, 0.15) is 6.54 Å². The van der Waals surface area contributed by atoms with Crippen molar-refractivity contribution < 1.29 is 28.3 Å². The van der Waals surface area contributed by atoms with Gasteiger partial charge in [-0.15, -0.1) is 0 Å². The number of nitrogens with zero attached hydrogens (tertiary/aromatic N) is 3. The highest BCUT2D eigenvalue weighted by molar-refractivity contribution is 6.74. The van der Waals surface area contributed by atoms with Crippen molar-refractivity contribution in [1.29, 1.82) is 0 Å². The van der Waals surface area contributed by atoms with E-state index in [4.69, 9.17) is 30.5 Å². The summed E-state index contributed by atoms with van der Waals surface area (Å²) in [5, 5.41) is 6.89. The molecule has 1 saturated heterocycles. The standard InChI is InChI=1S/C37H46ClN5O6Si/c1-37(2,3)50(5,6)49-30-18-22-9-7-8-10-25(22)34(30)41-31(44)21-43-29(19-32(45)47-4)26-12-11-23(17-27(26)35(43)46)33-28(38)20-39-36(42-33)40-24-13-15-48-16-14-24/h7-12,17,20,24,29-30,34H,13-16,18-19,21H2,1-6H3,(H,41,44)(H,39,40,42)/t29?,30?,34-/m0/s1. The number of amides is 2. The highest BCUT2D eigenvalue weighted by Gasteiger charge is 2.45. The predicted octanol–water partition coefficient (Wildman–Crippen LogP) is 6.25. The van der Waals surface area contributed by atoms with Crippen LogP contribution in [-0.4, -0.2) is 80.0 Å². The Labute approximate surface area is 299 Å². The first-order valence-electron chi connectivity index (χ1n) is 17.2. The first-order chi connectivity index (χ1) is 23.8. The van der Waals surface area contributed by atoms with Gasteiger partial charge in [-0.05, 0) is 53.7 Å². The van der Waals surface area contributed by atoms with Crippen molar-refractivity contribution in [1.82, 2.24) is 20.2 Å². The van der Waals surface area contributed by atoms with Gasteiger partial charge in [0.2, 0.25) is 11.9 Å². The number of aromatic nitrogens is 2. The molecule has 0 spiro atoms. The molecule has 6 rings (SSSR count). The third-order valence-corrected chi connectivity index (χ3v) is 15.3. The zero-order valence-corrected chi connectivity index (χ0v) is 31.3. The number of halogens is 1. The third-order valence-electron chi connectivity index (χ3n) is 10.5. The van der Waals surface area contributed by atoms with E-state index in [1.165, 1.54) is 12.0 Å². The van der Waals surface area contributed by atoms with Gasteiger partial charge in [-0.2, -0.15) is 0 Å². The number of rotatable bonds is 10. The maximum atomic E-state index is 14.1. The zero-order chi connectivity index (χ0) is 35.8. The van der Waals surface area contributed by atoms with Gasteiger partial charge in [0.15, 0.2) is 8.32 Å². The average Bonchev–Trinajstić information content (AvgIpc) is 3.54. The second-order valence-corrected chi connectivity index (χ2v) is 20.0. The number of carbonyl (C=O) groups excluding carboxylic acids is 3. The Balaban J connectivity index is 1.25. The largest absolute Gasteiger partial charge is 0.469 e. The van der Waals surface area contributed by atoms with Crippen LogP contribution >= 0.6 is 11.6 Å². The van der Waals surface area contributed by atoms with Crippen LogP contribution in [-0.2, 0) is 29.9 Å². The molecular weight excluding hydrogens is 674 g/mol. The molecular formula is C37H46ClN5O6Si. The van der Waals surface area contributed by atoms with Crippen LogP contribution in [0.3, 0.4) is 0 Å². The summed E-state index contributed by atoms with van der Waals surface area (Å²) in [5.41, 5.74) is 4.26. The Morgan fingerprint density at radius 2 is 1.84 bits per heavy atom. The van der Waals surface area contributed by atoms with E-state index in [-0.39, 0.29) is 48.0 Å². The van der Waals surface area contributed by atoms with Crippen LogP contribution in [0.1, 0.15) is 79.2 Å². The molecule has 3 aliphatic rings.